The van der Waals surface area contributed by atoms with E-state index in [9.17, 15) is 9.59 Å². The maximum absolute atomic E-state index is 12.4. The molecule has 0 atom stereocenters. The molecule has 3 amide bonds. The van der Waals surface area contributed by atoms with Gasteiger partial charge in [0.15, 0.2) is 6.61 Å². The summed E-state index contributed by atoms with van der Waals surface area (Å²) >= 11 is 0. The van der Waals surface area contributed by atoms with Crippen LogP contribution in [0.2, 0.25) is 0 Å². The van der Waals surface area contributed by atoms with Crippen molar-refractivity contribution in [1.29, 1.82) is 0 Å². The van der Waals surface area contributed by atoms with Gasteiger partial charge in [-0.05, 0) is 43.5 Å². The Morgan fingerprint density at radius 1 is 1.10 bits per heavy atom. The van der Waals surface area contributed by atoms with Gasteiger partial charge in [0, 0.05) is 24.3 Å². The first-order valence-electron chi connectivity index (χ1n) is 11.0. The average Bonchev–Trinajstić information content (AvgIpc) is 2.79. The van der Waals surface area contributed by atoms with Crippen molar-refractivity contribution in [2.75, 3.05) is 30.0 Å². The van der Waals surface area contributed by atoms with E-state index in [1.54, 1.807) is 17.0 Å². The number of benzene rings is 2. The number of urea groups is 1. The molecule has 0 aromatic heterocycles. The molecule has 1 aliphatic carbocycles. The van der Waals surface area contributed by atoms with Crippen LogP contribution in [-0.2, 0) is 4.79 Å². The zero-order valence-corrected chi connectivity index (χ0v) is 17.6. The molecule has 31 heavy (non-hydrogen) atoms. The number of hydrogen-bond acceptors (Lipinski definition) is 4. The van der Waals surface area contributed by atoms with Crippen molar-refractivity contribution >= 4 is 23.3 Å². The lowest BCUT2D eigenvalue weighted by atomic mass is 9.96. The second-order valence-corrected chi connectivity index (χ2v) is 7.97. The van der Waals surface area contributed by atoms with Crippen molar-refractivity contribution in [2.45, 2.75) is 44.6 Å². The Balaban J connectivity index is 1.32. The van der Waals surface area contributed by atoms with E-state index in [1.165, 1.54) is 6.42 Å². The third kappa shape index (κ3) is 5.69. The normalized spacial score (nSPS) is 16.3. The lowest BCUT2D eigenvalue weighted by Gasteiger charge is -2.30. The SMILES string of the molecule is O=C(Nc1ccc2c(c1)OCC(=O)N2CCCOc1ccccc1)NC1CCCCC1. The third-order valence-corrected chi connectivity index (χ3v) is 5.64. The third-order valence-electron chi connectivity index (χ3n) is 5.64. The van der Waals surface area contributed by atoms with E-state index in [1.807, 2.05) is 36.4 Å². The molecule has 1 fully saturated rings. The van der Waals surface area contributed by atoms with E-state index in [-0.39, 0.29) is 24.6 Å². The van der Waals surface area contributed by atoms with Crippen molar-refractivity contribution < 1.29 is 19.1 Å². The molecule has 2 aliphatic rings. The van der Waals surface area contributed by atoms with Gasteiger partial charge >= 0.3 is 6.03 Å². The summed E-state index contributed by atoms with van der Waals surface area (Å²) in [4.78, 5) is 26.4. The van der Waals surface area contributed by atoms with E-state index in [0.29, 0.717) is 36.7 Å². The molecule has 2 aromatic rings. The standard InChI is InChI=1S/C24H29N3O4/c28-23-17-31-22-16-19(26-24(29)25-18-8-3-1-4-9-18)12-13-21(22)27(23)14-7-15-30-20-10-5-2-6-11-20/h2,5-6,10-13,16,18H,1,3-4,7-9,14-15,17H2,(H2,25,26,29). The first-order chi connectivity index (χ1) is 15.2. The number of amides is 3. The largest absolute Gasteiger partial charge is 0.494 e. The van der Waals surface area contributed by atoms with Gasteiger partial charge in [-0.25, -0.2) is 4.79 Å². The summed E-state index contributed by atoms with van der Waals surface area (Å²) in [6.07, 6.45) is 6.34. The maximum atomic E-state index is 12.4. The van der Waals surface area contributed by atoms with Crippen molar-refractivity contribution in [3.8, 4) is 11.5 Å². The van der Waals surface area contributed by atoms with Gasteiger partial charge in [-0.15, -0.1) is 0 Å². The predicted octanol–water partition coefficient (Wildman–Crippen LogP) is 4.34. The predicted molar refractivity (Wildman–Crippen MR) is 120 cm³/mol. The van der Waals surface area contributed by atoms with Crippen LogP contribution >= 0.6 is 0 Å². The Hall–Kier alpha value is -3.22. The molecule has 164 valence electrons. The highest BCUT2D eigenvalue weighted by Gasteiger charge is 2.25. The topological polar surface area (TPSA) is 79.9 Å². The van der Waals surface area contributed by atoms with Gasteiger partial charge in [0.1, 0.15) is 11.5 Å². The summed E-state index contributed by atoms with van der Waals surface area (Å²) in [7, 11) is 0. The van der Waals surface area contributed by atoms with Crippen LogP contribution in [0.5, 0.6) is 11.5 Å². The van der Waals surface area contributed by atoms with Crippen molar-refractivity contribution in [3.63, 3.8) is 0 Å². The number of nitrogens with zero attached hydrogens (tertiary/aromatic N) is 1. The number of fused-ring (bicyclic) bond motifs is 1. The molecule has 2 aromatic carbocycles. The van der Waals surface area contributed by atoms with Crippen molar-refractivity contribution in [2.24, 2.45) is 0 Å². The van der Waals surface area contributed by atoms with Crippen LogP contribution in [0.3, 0.4) is 0 Å². The Morgan fingerprint density at radius 2 is 1.90 bits per heavy atom. The molecule has 0 radical (unpaired) electrons. The molecule has 0 unspecified atom stereocenters. The fraction of sp³-hybridized carbons (Fsp3) is 0.417. The minimum Gasteiger partial charge on any atom is -0.494 e. The zero-order valence-electron chi connectivity index (χ0n) is 17.6. The maximum Gasteiger partial charge on any atom is 0.319 e. The highest BCUT2D eigenvalue weighted by Crippen LogP contribution is 2.34. The fourth-order valence-electron chi connectivity index (χ4n) is 4.06. The van der Waals surface area contributed by atoms with E-state index in [2.05, 4.69) is 10.6 Å². The van der Waals surface area contributed by atoms with Crippen LogP contribution in [0.4, 0.5) is 16.2 Å². The zero-order chi connectivity index (χ0) is 21.5. The van der Waals surface area contributed by atoms with E-state index in [0.717, 1.165) is 31.4 Å². The first kappa shape index (κ1) is 21.0. The molecule has 7 nitrogen and oxygen atoms in total. The Kier molecular flexibility index (Phi) is 6.92. The number of rotatable bonds is 7. The molecule has 2 N–H and O–H groups in total. The number of ether oxygens (including phenoxy) is 2. The highest BCUT2D eigenvalue weighted by atomic mass is 16.5. The Morgan fingerprint density at radius 3 is 2.71 bits per heavy atom. The van der Waals surface area contributed by atoms with Crippen LogP contribution in [0.1, 0.15) is 38.5 Å². The number of anilines is 2. The van der Waals surface area contributed by atoms with E-state index in [4.69, 9.17) is 9.47 Å². The minimum atomic E-state index is -0.200. The molecule has 1 saturated carbocycles. The minimum absolute atomic E-state index is 0.00966. The van der Waals surface area contributed by atoms with Crippen LogP contribution in [-0.4, -0.2) is 37.7 Å². The molecule has 0 bridgehead atoms. The quantitative estimate of drug-likeness (QED) is 0.650. The number of carbonyl (C=O) groups is 2. The van der Waals surface area contributed by atoms with Gasteiger partial charge in [-0.2, -0.15) is 0 Å². The Labute approximate surface area is 182 Å². The van der Waals surface area contributed by atoms with Crippen LogP contribution < -0.4 is 25.0 Å². The highest BCUT2D eigenvalue weighted by molar-refractivity contribution is 5.98. The van der Waals surface area contributed by atoms with Crippen LogP contribution in [0.25, 0.3) is 0 Å². The van der Waals surface area contributed by atoms with Crippen molar-refractivity contribution in [3.05, 3.63) is 48.5 Å². The van der Waals surface area contributed by atoms with Crippen LogP contribution in [0.15, 0.2) is 48.5 Å². The van der Waals surface area contributed by atoms with Crippen LogP contribution in [0, 0.1) is 0 Å². The molecular weight excluding hydrogens is 394 g/mol. The van der Waals surface area contributed by atoms with Gasteiger partial charge in [-0.1, -0.05) is 37.5 Å². The molecule has 4 rings (SSSR count). The summed E-state index contributed by atoms with van der Waals surface area (Å²) in [6.45, 7) is 1.05. The molecule has 1 aliphatic heterocycles. The molecule has 1 heterocycles. The Bertz CT molecular complexity index is 897. The summed E-state index contributed by atoms with van der Waals surface area (Å²) in [5.74, 6) is 1.33. The number of carbonyl (C=O) groups excluding carboxylic acids is 2. The summed E-state index contributed by atoms with van der Waals surface area (Å²) in [5.41, 5.74) is 1.36. The van der Waals surface area contributed by atoms with E-state index < -0.39 is 0 Å². The number of nitrogens with one attached hydrogen (secondary N) is 2. The van der Waals surface area contributed by atoms with Crippen molar-refractivity contribution in [1.82, 2.24) is 5.32 Å². The van der Waals surface area contributed by atoms with Gasteiger partial charge in [0.2, 0.25) is 0 Å². The molecule has 0 saturated heterocycles. The van der Waals surface area contributed by atoms with Gasteiger partial charge in [-0.3, -0.25) is 4.79 Å². The summed E-state index contributed by atoms with van der Waals surface area (Å²) in [5, 5.41) is 5.92. The second-order valence-electron chi connectivity index (χ2n) is 7.97. The summed E-state index contributed by atoms with van der Waals surface area (Å²) < 4.78 is 11.3. The first-order valence-corrected chi connectivity index (χ1v) is 11.0. The number of para-hydroxylation sites is 1. The van der Waals surface area contributed by atoms with Gasteiger partial charge < -0.3 is 25.0 Å². The fourth-order valence-corrected chi connectivity index (χ4v) is 4.06. The monoisotopic (exact) mass is 423 g/mol. The summed E-state index contributed by atoms with van der Waals surface area (Å²) in [6, 6.07) is 15.1. The smallest absolute Gasteiger partial charge is 0.319 e. The second kappa shape index (κ2) is 10.2. The molecule has 7 heteroatoms. The molecular formula is C24H29N3O4. The van der Waals surface area contributed by atoms with Gasteiger partial charge in [0.25, 0.3) is 5.91 Å². The molecule has 0 spiro atoms. The average molecular weight is 424 g/mol. The van der Waals surface area contributed by atoms with Gasteiger partial charge in [0.05, 0.1) is 12.3 Å². The lowest BCUT2D eigenvalue weighted by molar-refractivity contribution is -0.121. The number of hydrogen-bond donors (Lipinski definition) is 2. The lowest BCUT2D eigenvalue weighted by Crippen LogP contribution is -2.40. The van der Waals surface area contributed by atoms with E-state index >= 15 is 0 Å².